The Morgan fingerprint density at radius 1 is 0.880 bits per heavy atom. The number of carbonyl (C=O) groups is 2. The van der Waals surface area contributed by atoms with Gasteiger partial charge in [0.25, 0.3) is 11.7 Å². The van der Waals surface area contributed by atoms with Crippen molar-refractivity contribution in [2.24, 2.45) is 0 Å². The molecule has 4 aromatic rings. The van der Waals surface area contributed by atoms with Crippen molar-refractivity contribution in [2.75, 3.05) is 5.32 Å². The Bertz CT molecular complexity index is 1130. The van der Waals surface area contributed by atoms with Crippen LogP contribution in [0.15, 0.2) is 66.7 Å². The van der Waals surface area contributed by atoms with Gasteiger partial charge in [-0.3, -0.25) is 9.59 Å². The Morgan fingerprint density at radius 3 is 2.44 bits per heavy atom. The summed E-state index contributed by atoms with van der Waals surface area (Å²) < 4.78 is 0. The zero-order valence-electron chi connectivity index (χ0n) is 13.1. The molecule has 25 heavy (non-hydrogen) atoms. The zero-order valence-corrected chi connectivity index (χ0v) is 13.1. The first-order valence-electron chi connectivity index (χ1n) is 7.77. The van der Waals surface area contributed by atoms with E-state index in [0.717, 1.165) is 10.8 Å². The highest BCUT2D eigenvalue weighted by atomic mass is 16.3. The molecule has 0 aliphatic heterocycles. The van der Waals surface area contributed by atoms with Crippen LogP contribution in [0.3, 0.4) is 0 Å². The summed E-state index contributed by atoms with van der Waals surface area (Å²) in [5, 5.41) is 15.1. The first kappa shape index (κ1) is 15.0. The lowest BCUT2D eigenvalue weighted by atomic mass is 10.1. The number of hydrogen-bond donors (Lipinski definition) is 3. The van der Waals surface area contributed by atoms with Crippen molar-refractivity contribution in [3.63, 3.8) is 0 Å². The third-order valence-electron chi connectivity index (χ3n) is 4.13. The van der Waals surface area contributed by atoms with Crippen LogP contribution in [0.5, 0.6) is 5.88 Å². The molecule has 5 heteroatoms. The van der Waals surface area contributed by atoms with Crippen LogP contribution in [0.4, 0.5) is 5.69 Å². The largest absolute Gasteiger partial charge is 0.494 e. The summed E-state index contributed by atoms with van der Waals surface area (Å²) in [6.07, 6.45) is 0. The summed E-state index contributed by atoms with van der Waals surface area (Å²) in [4.78, 5) is 27.6. The number of aromatic amines is 1. The van der Waals surface area contributed by atoms with Gasteiger partial charge in [0.15, 0.2) is 0 Å². The van der Waals surface area contributed by atoms with Gasteiger partial charge < -0.3 is 15.4 Å². The highest BCUT2D eigenvalue weighted by Crippen LogP contribution is 2.28. The van der Waals surface area contributed by atoms with Crippen LogP contribution in [0.25, 0.3) is 21.7 Å². The lowest BCUT2D eigenvalue weighted by Gasteiger charge is -2.06. The summed E-state index contributed by atoms with van der Waals surface area (Å²) >= 11 is 0. The fraction of sp³-hybridized carbons (Fsp3) is 0. The number of nitrogens with one attached hydrogen (secondary N) is 2. The molecule has 0 aliphatic rings. The average Bonchev–Trinajstić information content (AvgIpc) is 2.96. The second kappa shape index (κ2) is 5.79. The quantitative estimate of drug-likeness (QED) is 0.394. The number of aromatic nitrogens is 1. The fourth-order valence-corrected chi connectivity index (χ4v) is 2.93. The molecule has 1 aromatic heterocycles. The molecule has 3 aromatic carbocycles. The molecule has 3 N–H and O–H groups in total. The summed E-state index contributed by atoms with van der Waals surface area (Å²) in [7, 11) is 0. The van der Waals surface area contributed by atoms with E-state index in [2.05, 4.69) is 10.3 Å². The van der Waals surface area contributed by atoms with Crippen molar-refractivity contribution in [3.8, 4) is 5.88 Å². The molecular formula is C20H14N2O3. The number of carbonyl (C=O) groups excluding carboxylic acids is 2. The maximum absolute atomic E-state index is 12.5. The Labute approximate surface area is 142 Å². The standard InChI is InChI=1S/C20H14N2O3/c23-18(17-15-7-3-4-8-16(15)22-19(17)24)20(25)21-14-10-9-12-5-1-2-6-13(12)11-14/h1-11,22,24H,(H,21,25). The number of rotatable bonds is 3. The molecule has 0 saturated carbocycles. The van der Waals surface area contributed by atoms with Crippen LogP contribution in [0.1, 0.15) is 10.4 Å². The molecule has 122 valence electrons. The number of fused-ring (bicyclic) bond motifs is 2. The second-order valence-electron chi connectivity index (χ2n) is 5.74. The third-order valence-corrected chi connectivity index (χ3v) is 4.13. The number of hydrogen-bond acceptors (Lipinski definition) is 3. The van der Waals surface area contributed by atoms with Crippen LogP contribution >= 0.6 is 0 Å². The topological polar surface area (TPSA) is 82.2 Å². The minimum absolute atomic E-state index is 0.0195. The van der Waals surface area contributed by atoms with E-state index in [-0.39, 0.29) is 11.4 Å². The van der Waals surface area contributed by atoms with Crippen LogP contribution in [-0.2, 0) is 4.79 Å². The van der Waals surface area contributed by atoms with E-state index in [1.807, 2.05) is 30.3 Å². The number of ketones is 1. The number of H-pyrrole nitrogens is 1. The third kappa shape index (κ3) is 2.61. The Morgan fingerprint density at radius 2 is 1.60 bits per heavy atom. The molecule has 0 radical (unpaired) electrons. The maximum Gasteiger partial charge on any atom is 0.297 e. The first-order chi connectivity index (χ1) is 12.1. The molecular weight excluding hydrogens is 316 g/mol. The number of aromatic hydroxyl groups is 1. The Hall–Kier alpha value is -3.60. The molecule has 1 amide bonds. The van der Waals surface area contributed by atoms with E-state index in [1.165, 1.54) is 0 Å². The molecule has 1 heterocycles. The van der Waals surface area contributed by atoms with Crippen molar-refractivity contribution < 1.29 is 14.7 Å². The van der Waals surface area contributed by atoms with Crippen LogP contribution in [0.2, 0.25) is 0 Å². The molecule has 0 fully saturated rings. The number of para-hydroxylation sites is 1. The number of benzene rings is 3. The van der Waals surface area contributed by atoms with Gasteiger partial charge in [-0.2, -0.15) is 0 Å². The number of anilines is 1. The van der Waals surface area contributed by atoms with Gasteiger partial charge in [0.1, 0.15) is 0 Å². The van der Waals surface area contributed by atoms with Gasteiger partial charge >= 0.3 is 0 Å². The van der Waals surface area contributed by atoms with E-state index < -0.39 is 11.7 Å². The first-order valence-corrected chi connectivity index (χ1v) is 7.77. The summed E-state index contributed by atoms with van der Waals surface area (Å²) in [6.45, 7) is 0. The van der Waals surface area contributed by atoms with Crippen LogP contribution < -0.4 is 5.32 Å². The maximum atomic E-state index is 12.5. The minimum atomic E-state index is -0.796. The molecule has 0 unspecified atom stereocenters. The Kier molecular flexibility index (Phi) is 3.47. The SMILES string of the molecule is O=C(Nc1ccc2ccccc2c1)C(=O)c1c(O)[nH]c2ccccc12. The van der Waals surface area contributed by atoms with Gasteiger partial charge in [-0.15, -0.1) is 0 Å². The molecule has 0 spiro atoms. The average molecular weight is 330 g/mol. The van der Waals surface area contributed by atoms with Gasteiger partial charge in [0, 0.05) is 16.6 Å². The monoisotopic (exact) mass is 330 g/mol. The zero-order chi connectivity index (χ0) is 17.4. The molecule has 0 atom stereocenters. The van der Waals surface area contributed by atoms with Crippen molar-refractivity contribution in [1.29, 1.82) is 0 Å². The second-order valence-corrected chi connectivity index (χ2v) is 5.74. The number of amides is 1. The number of Topliss-reactive ketones (excluding diaryl/α,β-unsaturated/α-hetero) is 1. The van der Waals surface area contributed by atoms with Crippen LogP contribution in [-0.4, -0.2) is 21.8 Å². The van der Waals surface area contributed by atoms with Gasteiger partial charge in [-0.25, -0.2) is 0 Å². The lowest BCUT2D eigenvalue weighted by molar-refractivity contribution is -0.112. The van der Waals surface area contributed by atoms with E-state index in [1.54, 1.807) is 36.4 Å². The normalized spacial score (nSPS) is 10.9. The highest BCUT2D eigenvalue weighted by Gasteiger charge is 2.24. The van der Waals surface area contributed by atoms with Gasteiger partial charge in [-0.05, 0) is 29.0 Å². The molecule has 0 bridgehead atoms. The van der Waals surface area contributed by atoms with Gasteiger partial charge in [-0.1, -0.05) is 48.5 Å². The van der Waals surface area contributed by atoms with E-state index in [4.69, 9.17) is 0 Å². The van der Waals surface area contributed by atoms with Gasteiger partial charge in [0.05, 0.1) is 5.56 Å². The van der Waals surface area contributed by atoms with E-state index >= 15 is 0 Å². The van der Waals surface area contributed by atoms with Gasteiger partial charge in [0.2, 0.25) is 5.88 Å². The summed E-state index contributed by atoms with van der Waals surface area (Å²) in [5.74, 6) is -1.89. The fourth-order valence-electron chi connectivity index (χ4n) is 2.93. The predicted molar refractivity (Wildman–Crippen MR) is 96.9 cm³/mol. The van der Waals surface area contributed by atoms with Crippen LogP contribution in [0, 0.1) is 0 Å². The smallest absolute Gasteiger partial charge is 0.297 e. The minimum Gasteiger partial charge on any atom is -0.494 e. The highest BCUT2D eigenvalue weighted by molar-refractivity contribution is 6.49. The van der Waals surface area contributed by atoms with Crippen molar-refractivity contribution in [2.45, 2.75) is 0 Å². The molecule has 0 aliphatic carbocycles. The lowest BCUT2D eigenvalue weighted by Crippen LogP contribution is -2.22. The summed E-state index contributed by atoms with van der Waals surface area (Å²) in [5.41, 5.74) is 1.10. The molecule has 0 saturated heterocycles. The Balaban J connectivity index is 1.65. The van der Waals surface area contributed by atoms with E-state index in [9.17, 15) is 14.7 Å². The molecule has 4 rings (SSSR count). The predicted octanol–water partition coefficient (Wildman–Crippen LogP) is 3.85. The van der Waals surface area contributed by atoms with Crippen molar-refractivity contribution in [3.05, 3.63) is 72.3 Å². The van der Waals surface area contributed by atoms with Crippen molar-refractivity contribution >= 4 is 39.1 Å². The van der Waals surface area contributed by atoms with Crippen molar-refractivity contribution in [1.82, 2.24) is 4.98 Å². The molecule has 5 nitrogen and oxygen atoms in total. The summed E-state index contributed by atoms with van der Waals surface area (Å²) in [6, 6.07) is 20.1. The van der Waals surface area contributed by atoms with E-state index in [0.29, 0.717) is 16.6 Å².